The highest BCUT2D eigenvalue weighted by Crippen LogP contribution is 2.19. The summed E-state index contributed by atoms with van der Waals surface area (Å²) >= 11 is 0. The molecule has 0 aliphatic carbocycles. The minimum Gasteiger partial charge on any atom is -0.394 e. The van der Waals surface area contributed by atoms with Crippen molar-refractivity contribution >= 4 is 5.91 Å². The van der Waals surface area contributed by atoms with Crippen molar-refractivity contribution in [3.05, 3.63) is 42.1 Å². The van der Waals surface area contributed by atoms with Gasteiger partial charge in [0.1, 0.15) is 0 Å². The highest BCUT2D eigenvalue weighted by molar-refractivity contribution is 5.78. The number of aliphatic hydroxyl groups is 1. The molecular formula is C14H16N2O3. The lowest BCUT2D eigenvalue weighted by Gasteiger charge is -2.09. The van der Waals surface area contributed by atoms with Crippen LogP contribution in [0.25, 0.3) is 11.3 Å². The number of amides is 1. The summed E-state index contributed by atoms with van der Waals surface area (Å²) in [4.78, 5) is 11.6. The van der Waals surface area contributed by atoms with Crippen molar-refractivity contribution in [1.29, 1.82) is 0 Å². The van der Waals surface area contributed by atoms with Crippen LogP contribution in [0.3, 0.4) is 0 Å². The van der Waals surface area contributed by atoms with Crippen molar-refractivity contribution in [1.82, 2.24) is 10.5 Å². The predicted molar refractivity (Wildman–Crippen MR) is 70.3 cm³/mol. The minimum atomic E-state index is -0.256. The Morgan fingerprint density at radius 2 is 2.16 bits per heavy atom. The molecule has 0 spiro atoms. The van der Waals surface area contributed by atoms with Gasteiger partial charge in [-0.1, -0.05) is 35.5 Å². The van der Waals surface area contributed by atoms with Gasteiger partial charge < -0.3 is 14.9 Å². The van der Waals surface area contributed by atoms with Gasteiger partial charge >= 0.3 is 0 Å². The van der Waals surface area contributed by atoms with E-state index in [1.54, 1.807) is 13.0 Å². The maximum Gasteiger partial charge on any atom is 0.226 e. The van der Waals surface area contributed by atoms with E-state index in [9.17, 15) is 4.79 Å². The zero-order chi connectivity index (χ0) is 13.7. The number of benzene rings is 1. The van der Waals surface area contributed by atoms with E-state index in [1.807, 2.05) is 30.3 Å². The van der Waals surface area contributed by atoms with Crippen LogP contribution in [0, 0.1) is 0 Å². The summed E-state index contributed by atoms with van der Waals surface area (Å²) < 4.78 is 5.20. The van der Waals surface area contributed by atoms with Gasteiger partial charge in [-0.3, -0.25) is 4.79 Å². The molecule has 0 aliphatic rings. The van der Waals surface area contributed by atoms with E-state index in [0.717, 1.165) is 5.56 Å². The molecule has 5 nitrogen and oxygen atoms in total. The fraction of sp³-hybridized carbons (Fsp3) is 0.286. The quantitative estimate of drug-likeness (QED) is 0.851. The molecule has 100 valence electrons. The molecule has 0 radical (unpaired) electrons. The third-order valence-electron chi connectivity index (χ3n) is 2.64. The maximum absolute atomic E-state index is 11.6. The third kappa shape index (κ3) is 3.66. The molecule has 0 saturated heterocycles. The Bertz CT molecular complexity index is 537. The van der Waals surface area contributed by atoms with Gasteiger partial charge in [-0.05, 0) is 6.92 Å². The number of carbonyl (C=O) groups excluding carboxylic acids is 1. The average molecular weight is 260 g/mol. The highest BCUT2D eigenvalue weighted by Gasteiger charge is 2.11. The van der Waals surface area contributed by atoms with Gasteiger partial charge in [0, 0.05) is 17.7 Å². The topological polar surface area (TPSA) is 75.4 Å². The largest absolute Gasteiger partial charge is 0.394 e. The van der Waals surface area contributed by atoms with E-state index in [1.165, 1.54) is 0 Å². The van der Waals surface area contributed by atoms with Crippen molar-refractivity contribution in [2.75, 3.05) is 6.61 Å². The molecule has 1 aromatic carbocycles. The molecule has 2 rings (SSSR count). The van der Waals surface area contributed by atoms with E-state index in [4.69, 9.17) is 9.63 Å². The maximum atomic E-state index is 11.6. The second-order valence-corrected chi connectivity index (χ2v) is 4.38. The van der Waals surface area contributed by atoms with Gasteiger partial charge in [0.15, 0.2) is 5.76 Å². The first kappa shape index (κ1) is 13.3. The van der Waals surface area contributed by atoms with Crippen LogP contribution in [0.4, 0.5) is 0 Å². The van der Waals surface area contributed by atoms with Crippen molar-refractivity contribution in [3.63, 3.8) is 0 Å². The Morgan fingerprint density at radius 1 is 1.42 bits per heavy atom. The SMILES string of the molecule is C[C@@H](CO)NC(=O)Cc1cc(-c2ccccc2)on1. The highest BCUT2D eigenvalue weighted by atomic mass is 16.5. The number of aliphatic hydroxyl groups excluding tert-OH is 1. The fourth-order valence-corrected chi connectivity index (χ4v) is 1.67. The zero-order valence-corrected chi connectivity index (χ0v) is 10.7. The predicted octanol–water partition coefficient (Wildman–Crippen LogP) is 1.38. The van der Waals surface area contributed by atoms with Crippen molar-refractivity contribution in [2.45, 2.75) is 19.4 Å². The molecule has 0 fully saturated rings. The van der Waals surface area contributed by atoms with Gasteiger partial charge in [0.05, 0.1) is 18.7 Å². The van der Waals surface area contributed by atoms with Crippen LogP contribution in [0.1, 0.15) is 12.6 Å². The number of hydrogen-bond donors (Lipinski definition) is 2. The monoisotopic (exact) mass is 260 g/mol. The lowest BCUT2D eigenvalue weighted by Crippen LogP contribution is -2.36. The molecular weight excluding hydrogens is 244 g/mol. The molecule has 1 atom stereocenters. The minimum absolute atomic E-state index is 0.0835. The van der Waals surface area contributed by atoms with E-state index in [2.05, 4.69) is 10.5 Å². The van der Waals surface area contributed by atoms with Gasteiger partial charge in [-0.25, -0.2) is 0 Å². The number of aromatic nitrogens is 1. The number of carbonyl (C=O) groups is 1. The Labute approximate surface area is 111 Å². The molecule has 5 heteroatoms. The summed E-state index contributed by atoms with van der Waals surface area (Å²) in [5.74, 6) is 0.452. The van der Waals surface area contributed by atoms with Crippen LogP contribution >= 0.6 is 0 Å². The summed E-state index contributed by atoms with van der Waals surface area (Å²) in [6.07, 6.45) is 0.140. The van der Waals surface area contributed by atoms with Gasteiger partial charge in [0.25, 0.3) is 0 Å². The lowest BCUT2D eigenvalue weighted by atomic mass is 10.1. The third-order valence-corrected chi connectivity index (χ3v) is 2.64. The summed E-state index contributed by atoms with van der Waals surface area (Å²) in [7, 11) is 0. The van der Waals surface area contributed by atoms with Gasteiger partial charge in [-0.2, -0.15) is 0 Å². The first-order chi connectivity index (χ1) is 9.19. The average Bonchev–Trinajstić information content (AvgIpc) is 2.88. The molecule has 2 N–H and O–H groups in total. The van der Waals surface area contributed by atoms with Crippen LogP contribution < -0.4 is 5.32 Å². The van der Waals surface area contributed by atoms with E-state index in [-0.39, 0.29) is 25.0 Å². The van der Waals surface area contributed by atoms with Crippen LogP contribution in [-0.4, -0.2) is 28.8 Å². The van der Waals surface area contributed by atoms with Crippen LogP contribution in [-0.2, 0) is 11.2 Å². The number of nitrogens with one attached hydrogen (secondary N) is 1. The molecule has 19 heavy (non-hydrogen) atoms. The molecule has 0 saturated carbocycles. The van der Waals surface area contributed by atoms with Crippen LogP contribution in [0.2, 0.25) is 0 Å². The molecule has 1 aromatic heterocycles. The number of rotatable bonds is 5. The van der Waals surface area contributed by atoms with Gasteiger partial charge in [0.2, 0.25) is 5.91 Å². The van der Waals surface area contributed by atoms with Crippen molar-refractivity contribution in [2.24, 2.45) is 0 Å². The van der Waals surface area contributed by atoms with Crippen molar-refractivity contribution < 1.29 is 14.4 Å². The Hall–Kier alpha value is -2.14. The summed E-state index contributed by atoms with van der Waals surface area (Å²) in [5, 5.41) is 15.4. The number of nitrogens with zero attached hydrogens (tertiary/aromatic N) is 1. The second kappa shape index (κ2) is 6.15. The number of hydrogen-bond acceptors (Lipinski definition) is 4. The summed E-state index contributed by atoms with van der Waals surface area (Å²) in [6, 6.07) is 11.1. The fourth-order valence-electron chi connectivity index (χ4n) is 1.67. The second-order valence-electron chi connectivity index (χ2n) is 4.38. The summed E-state index contributed by atoms with van der Waals surface area (Å²) in [6.45, 7) is 1.65. The zero-order valence-electron chi connectivity index (χ0n) is 10.7. The Morgan fingerprint density at radius 3 is 2.84 bits per heavy atom. The Kier molecular flexibility index (Phi) is 4.30. The van der Waals surface area contributed by atoms with Crippen LogP contribution in [0.5, 0.6) is 0 Å². The van der Waals surface area contributed by atoms with E-state index < -0.39 is 0 Å². The van der Waals surface area contributed by atoms with Crippen molar-refractivity contribution in [3.8, 4) is 11.3 Å². The standard InChI is InChI=1S/C14H16N2O3/c1-10(9-17)15-14(18)8-12-7-13(19-16-12)11-5-3-2-4-6-11/h2-7,10,17H,8-9H2,1H3,(H,15,18)/t10-/m0/s1. The molecule has 2 aromatic rings. The molecule has 1 amide bonds. The van der Waals surface area contributed by atoms with Crippen LogP contribution in [0.15, 0.2) is 40.9 Å². The van der Waals surface area contributed by atoms with E-state index >= 15 is 0 Å². The lowest BCUT2D eigenvalue weighted by molar-refractivity contribution is -0.121. The normalized spacial score (nSPS) is 12.1. The van der Waals surface area contributed by atoms with E-state index in [0.29, 0.717) is 11.5 Å². The molecule has 0 unspecified atom stereocenters. The Balaban J connectivity index is 2.00. The first-order valence-corrected chi connectivity index (χ1v) is 6.10. The first-order valence-electron chi connectivity index (χ1n) is 6.10. The molecule has 0 aliphatic heterocycles. The summed E-state index contributed by atoms with van der Waals surface area (Å²) in [5.41, 5.74) is 1.49. The van der Waals surface area contributed by atoms with Gasteiger partial charge in [-0.15, -0.1) is 0 Å². The smallest absolute Gasteiger partial charge is 0.226 e. The molecule has 0 bridgehead atoms. The molecule has 1 heterocycles.